The van der Waals surface area contributed by atoms with Gasteiger partial charge in [0.25, 0.3) is 0 Å². The molecule has 0 N–H and O–H groups in total. The molecule has 0 rings (SSSR count). The van der Waals surface area contributed by atoms with Crippen LogP contribution in [0.3, 0.4) is 0 Å². The molecule has 54 valence electrons. The van der Waals surface area contributed by atoms with Crippen molar-refractivity contribution in [3.05, 3.63) is 12.8 Å². The lowest BCUT2D eigenvalue weighted by Crippen LogP contribution is -1.82. The van der Waals surface area contributed by atoms with Gasteiger partial charge in [-0.2, -0.15) is 0 Å². The van der Waals surface area contributed by atoms with Crippen LogP contribution in [0.25, 0.3) is 0 Å². The van der Waals surface area contributed by atoms with E-state index in [2.05, 4.69) is 11.6 Å². The van der Waals surface area contributed by atoms with Crippen LogP contribution in [0.2, 0.25) is 0 Å². The summed E-state index contributed by atoms with van der Waals surface area (Å²) in [5.74, 6) is 0. The zero-order valence-corrected chi connectivity index (χ0v) is 6.42. The minimum absolute atomic E-state index is 0.664. The molecule has 0 aliphatic carbocycles. The number of hydrogen-bond acceptors (Lipinski definition) is 2. The third kappa shape index (κ3) is 19.0. The maximum Gasteiger partial charge on any atom is 0.173 e. The maximum atomic E-state index is 4.71. The number of rotatable bonds is 3. The summed E-state index contributed by atoms with van der Waals surface area (Å²) in [7, 11) is 0. The Bertz CT molecular complexity index is 69.3. The Morgan fingerprint density at radius 1 is 1.56 bits per heavy atom. The Kier molecular flexibility index (Phi) is 19.3. The van der Waals surface area contributed by atoms with Gasteiger partial charge in [-0.25, -0.2) is 4.99 Å². The van der Waals surface area contributed by atoms with E-state index in [-0.39, 0.29) is 0 Å². The van der Waals surface area contributed by atoms with Crippen molar-refractivity contribution in [3.63, 3.8) is 0 Å². The summed E-state index contributed by atoms with van der Waals surface area (Å²) in [4.78, 5) is 3.58. The summed E-state index contributed by atoms with van der Waals surface area (Å²) in [5.41, 5.74) is 0. The Hall–Kier alpha value is -0.790. The highest BCUT2D eigenvalue weighted by Gasteiger charge is 1.62. The molecule has 0 atom stereocenters. The molecule has 0 heterocycles. The minimum Gasteiger partial charge on any atom is -0.483 e. The van der Waals surface area contributed by atoms with E-state index >= 15 is 0 Å². The lowest BCUT2D eigenvalue weighted by Gasteiger charge is -1.85. The molecule has 2 heteroatoms. The van der Waals surface area contributed by atoms with E-state index in [1.54, 1.807) is 0 Å². The molecule has 0 bridgehead atoms. The number of ether oxygens (including phenoxy) is 1. The van der Waals surface area contributed by atoms with Gasteiger partial charge in [0.05, 0.1) is 6.61 Å². The first-order valence-corrected chi connectivity index (χ1v) is 3.16. The SMILES string of the molecule is C=CN=COCC.CC. The highest BCUT2D eigenvalue weighted by molar-refractivity contribution is 5.47. The summed E-state index contributed by atoms with van der Waals surface area (Å²) < 4.78 is 4.71. The van der Waals surface area contributed by atoms with Gasteiger partial charge < -0.3 is 4.74 Å². The highest BCUT2D eigenvalue weighted by Crippen LogP contribution is 1.66. The standard InChI is InChI=1S/C5H9NO.C2H6/c1-3-6-5-7-4-2;1-2/h3,5H,1,4H2,2H3;1-2H3. The Labute approximate surface area is 57.3 Å². The van der Waals surface area contributed by atoms with Crippen molar-refractivity contribution in [3.8, 4) is 0 Å². The molecular formula is C7H15NO. The second kappa shape index (κ2) is 15.7. The quantitative estimate of drug-likeness (QED) is 0.423. The second-order valence-electron chi connectivity index (χ2n) is 0.892. The van der Waals surface area contributed by atoms with E-state index in [0.29, 0.717) is 6.61 Å². The third-order valence-electron chi connectivity index (χ3n) is 0.407. The van der Waals surface area contributed by atoms with Crippen molar-refractivity contribution in [2.75, 3.05) is 6.61 Å². The van der Waals surface area contributed by atoms with E-state index < -0.39 is 0 Å². The monoisotopic (exact) mass is 129 g/mol. The molecule has 0 aliphatic heterocycles. The molecule has 0 aromatic carbocycles. The summed E-state index contributed by atoms with van der Waals surface area (Å²) in [6, 6.07) is 0. The number of hydrogen-bond donors (Lipinski definition) is 0. The molecule has 0 fully saturated rings. The van der Waals surface area contributed by atoms with E-state index in [1.165, 1.54) is 12.6 Å². The molecular weight excluding hydrogens is 114 g/mol. The van der Waals surface area contributed by atoms with Crippen LogP contribution in [0.1, 0.15) is 20.8 Å². The molecule has 0 saturated heterocycles. The summed E-state index contributed by atoms with van der Waals surface area (Å²) in [6.07, 6.45) is 2.79. The fourth-order valence-electron chi connectivity index (χ4n) is 0.161. The van der Waals surface area contributed by atoms with Crippen LogP contribution in [0.15, 0.2) is 17.8 Å². The zero-order chi connectivity index (χ0) is 7.54. The molecule has 0 aliphatic rings. The van der Waals surface area contributed by atoms with E-state index in [0.717, 1.165) is 0 Å². The van der Waals surface area contributed by atoms with Gasteiger partial charge in [-0.3, -0.25) is 0 Å². The molecule has 2 nitrogen and oxygen atoms in total. The van der Waals surface area contributed by atoms with Crippen molar-refractivity contribution in [2.24, 2.45) is 4.99 Å². The van der Waals surface area contributed by atoms with E-state index in [9.17, 15) is 0 Å². The normalized spacial score (nSPS) is 7.89. The Balaban J connectivity index is 0. The van der Waals surface area contributed by atoms with Crippen LogP contribution in [0.5, 0.6) is 0 Å². The van der Waals surface area contributed by atoms with Gasteiger partial charge in [0.1, 0.15) is 0 Å². The third-order valence-corrected chi connectivity index (χ3v) is 0.407. The first kappa shape index (κ1) is 11.1. The van der Waals surface area contributed by atoms with Crippen molar-refractivity contribution < 1.29 is 4.74 Å². The first-order valence-electron chi connectivity index (χ1n) is 3.16. The van der Waals surface area contributed by atoms with Crippen LogP contribution in [-0.4, -0.2) is 13.0 Å². The van der Waals surface area contributed by atoms with Crippen molar-refractivity contribution in [1.29, 1.82) is 0 Å². The van der Waals surface area contributed by atoms with Gasteiger partial charge in [0.2, 0.25) is 0 Å². The van der Waals surface area contributed by atoms with E-state index in [4.69, 9.17) is 4.74 Å². The van der Waals surface area contributed by atoms with Gasteiger partial charge in [-0.05, 0) is 6.92 Å². The van der Waals surface area contributed by atoms with Crippen LogP contribution in [0.4, 0.5) is 0 Å². The fourth-order valence-corrected chi connectivity index (χ4v) is 0.161. The predicted molar refractivity (Wildman–Crippen MR) is 41.7 cm³/mol. The molecule has 0 radical (unpaired) electrons. The molecule has 0 spiro atoms. The topological polar surface area (TPSA) is 21.6 Å². The van der Waals surface area contributed by atoms with Crippen LogP contribution >= 0.6 is 0 Å². The summed E-state index contributed by atoms with van der Waals surface area (Å²) in [6.45, 7) is 9.92. The summed E-state index contributed by atoms with van der Waals surface area (Å²) in [5, 5.41) is 0. The largest absolute Gasteiger partial charge is 0.483 e. The molecule has 0 amide bonds. The zero-order valence-electron chi connectivity index (χ0n) is 6.42. The minimum atomic E-state index is 0.664. The van der Waals surface area contributed by atoms with Gasteiger partial charge in [0.15, 0.2) is 6.40 Å². The van der Waals surface area contributed by atoms with E-state index in [1.807, 2.05) is 20.8 Å². The number of aliphatic imine (C=N–C) groups is 1. The molecule has 0 aromatic rings. The predicted octanol–water partition coefficient (Wildman–Crippen LogP) is 2.22. The highest BCUT2D eigenvalue weighted by atomic mass is 16.5. The van der Waals surface area contributed by atoms with Gasteiger partial charge in [0, 0.05) is 6.20 Å². The van der Waals surface area contributed by atoms with Crippen LogP contribution in [0, 0.1) is 0 Å². The van der Waals surface area contributed by atoms with Crippen LogP contribution < -0.4 is 0 Å². The van der Waals surface area contributed by atoms with Crippen molar-refractivity contribution in [1.82, 2.24) is 0 Å². The average Bonchev–Trinajstić information content (AvgIpc) is 1.94. The Morgan fingerprint density at radius 2 is 2.11 bits per heavy atom. The first-order chi connectivity index (χ1) is 4.41. The van der Waals surface area contributed by atoms with Gasteiger partial charge in [-0.15, -0.1) is 0 Å². The molecule has 0 saturated carbocycles. The average molecular weight is 129 g/mol. The number of nitrogens with zero attached hydrogens (tertiary/aromatic N) is 1. The molecule has 0 unspecified atom stereocenters. The molecule has 0 aromatic heterocycles. The van der Waals surface area contributed by atoms with Gasteiger partial charge >= 0.3 is 0 Å². The molecule has 9 heavy (non-hydrogen) atoms. The van der Waals surface area contributed by atoms with Crippen molar-refractivity contribution >= 4 is 6.40 Å². The lowest BCUT2D eigenvalue weighted by molar-refractivity contribution is 0.344. The lowest BCUT2D eigenvalue weighted by atomic mass is 10.9. The second-order valence-corrected chi connectivity index (χ2v) is 0.892. The van der Waals surface area contributed by atoms with Crippen LogP contribution in [-0.2, 0) is 4.74 Å². The Morgan fingerprint density at radius 3 is 2.44 bits per heavy atom. The fraction of sp³-hybridized carbons (Fsp3) is 0.571. The maximum absolute atomic E-state index is 4.71. The summed E-state index contributed by atoms with van der Waals surface area (Å²) >= 11 is 0. The van der Waals surface area contributed by atoms with Crippen molar-refractivity contribution in [2.45, 2.75) is 20.8 Å². The van der Waals surface area contributed by atoms with Gasteiger partial charge in [-0.1, -0.05) is 20.4 Å². The smallest absolute Gasteiger partial charge is 0.173 e.